The maximum absolute atomic E-state index is 12.4. The molecular weight excluding hydrogens is 476 g/mol. The van der Waals surface area contributed by atoms with Gasteiger partial charge >= 0.3 is 0 Å². The van der Waals surface area contributed by atoms with Gasteiger partial charge in [-0.05, 0) is 6.42 Å². The zero-order chi connectivity index (χ0) is 28.1. The molecule has 9 heteroatoms. The summed E-state index contributed by atoms with van der Waals surface area (Å²) in [6, 6.07) is 0. The minimum Gasteiger partial charge on any atom is -0.394 e. The van der Waals surface area contributed by atoms with Crippen molar-refractivity contribution in [2.75, 3.05) is 33.8 Å². The molecule has 37 heavy (non-hydrogen) atoms. The highest BCUT2D eigenvalue weighted by atomic mass is 16.4. The van der Waals surface area contributed by atoms with E-state index in [-0.39, 0.29) is 19.0 Å². The first-order valence-corrected chi connectivity index (χ1v) is 14.5. The number of hydrogen-bond donors (Lipinski definition) is 5. The summed E-state index contributed by atoms with van der Waals surface area (Å²) in [5, 5.41) is 47.8. The third-order valence-corrected chi connectivity index (χ3v) is 7.00. The Kier molecular flexibility index (Phi) is 21.9. The zero-order valence-corrected chi connectivity index (χ0v) is 23.7. The molecule has 0 heterocycles. The summed E-state index contributed by atoms with van der Waals surface area (Å²) in [6.45, 7) is 1.03. The van der Waals surface area contributed by atoms with Gasteiger partial charge in [-0.3, -0.25) is 9.59 Å². The molecule has 0 spiro atoms. The molecule has 0 aliphatic heterocycles. The van der Waals surface area contributed by atoms with E-state index in [1.807, 2.05) is 0 Å². The average Bonchev–Trinajstić information content (AvgIpc) is 2.88. The number of aliphatic hydroxyl groups excluding tert-OH is 5. The van der Waals surface area contributed by atoms with Crippen molar-refractivity contribution in [2.24, 2.45) is 0 Å². The van der Waals surface area contributed by atoms with Crippen LogP contribution in [0.3, 0.4) is 0 Å². The number of likely N-dealkylation sites (N-methyl/N-ethyl adjacent to an activating group) is 2. The molecule has 5 N–H and O–H groups in total. The smallest absolute Gasteiger partial charge is 0.242 e. The summed E-state index contributed by atoms with van der Waals surface area (Å²) in [5.74, 6) is -0.533. The Balaban J connectivity index is 3.86. The van der Waals surface area contributed by atoms with Crippen LogP contribution in [0.1, 0.15) is 110 Å². The van der Waals surface area contributed by atoms with Crippen molar-refractivity contribution in [3.05, 3.63) is 0 Å². The van der Waals surface area contributed by atoms with Gasteiger partial charge in [0, 0.05) is 27.1 Å². The highest BCUT2D eigenvalue weighted by Gasteiger charge is 2.31. The van der Waals surface area contributed by atoms with Gasteiger partial charge < -0.3 is 35.3 Å². The van der Waals surface area contributed by atoms with Crippen molar-refractivity contribution in [2.45, 2.75) is 134 Å². The summed E-state index contributed by atoms with van der Waals surface area (Å²) in [4.78, 5) is 27.2. The van der Waals surface area contributed by atoms with Crippen molar-refractivity contribution in [3.8, 4) is 0 Å². The first kappa shape index (κ1) is 35.7. The second-order valence-corrected chi connectivity index (χ2v) is 10.5. The average molecular weight is 533 g/mol. The van der Waals surface area contributed by atoms with Crippen LogP contribution < -0.4 is 0 Å². The summed E-state index contributed by atoms with van der Waals surface area (Å²) in [5.41, 5.74) is 0. The van der Waals surface area contributed by atoms with Crippen LogP contribution in [0.2, 0.25) is 0 Å². The number of rotatable bonds is 24. The number of carbonyl (C=O) groups is 2. The summed E-state index contributed by atoms with van der Waals surface area (Å²) >= 11 is 0. The highest BCUT2D eigenvalue weighted by molar-refractivity contribution is 5.84. The van der Waals surface area contributed by atoms with Gasteiger partial charge in [0.1, 0.15) is 24.4 Å². The van der Waals surface area contributed by atoms with E-state index >= 15 is 0 Å². The lowest BCUT2D eigenvalue weighted by Crippen LogP contribution is -2.51. The molecule has 220 valence electrons. The van der Waals surface area contributed by atoms with Crippen LogP contribution in [0.15, 0.2) is 0 Å². The Morgan fingerprint density at radius 2 is 1.00 bits per heavy atom. The molecule has 0 rings (SSSR count). The Labute approximate surface area is 224 Å². The quantitative estimate of drug-likeness (QED) is 0.120. The Morgan fingerprint density at radius 1 is 0.595 bits per heavy atom. The lowest BCUT2D eigenvalue weighted by atomic mass is 10.0. The van der Waals surface area contributed by atoms with E-state index in [1.54, 1.807) is 7.05 Å². The molecular formula is C28H56N2O7. The molecule has 9 nitrogen and oxygen atoms in total. The molecule has 0 aliphatic carbocycles. The predicted molar refractivity (Wildman–Crippen MR) is 146 cm³/mol. The van der Waals surface area contributed by atoms with Gasteiger partial charge in [-0.1, -0.05) is 96.8 Å². The number of amides is 2. The third kappa shape index (κ3) is 17.8. The molecule has 0 aromatic rings. The summed E-state index contributed by atoms with van der Waals surface area (Å²) in [7, 11) is 2.98. The first-order valence-electron chi connectivity index (χ1n) is 14.5. The molecule has 0 aromatic carbocycles. The minimum absolute atomic E-state index is 0.112. The largest absolute Gasteiger partial charge is 0.394 e. The van der Waals surface area contributed by atoms with Gasteiger partial charge in [0.05, 0.1) is 13.2 Å². The van der Waals surface area contributed by atoms with Crippen molar-refractivity contribution < 1.29 is 35.1 Å². The molecule has 4 atom stereocenters. The van der Waals surface area contributed by atoms with Crippen LogP contribution in [-0.4, -0.2) is 105 Å². The van der Waals surface area contributed by atoms with Gasteiger partial charge in [-0.25, -0.2) is 0 Å². The second kappa shape index (κ2) is 22.7. The van der Waals surface area contributed by atoms with Crippen molar-refractivity contribution in [1.82, 2.24) is 9.80 Å². The predicted octanol–water partition coefficient (Wildman–Crippen LogP) is 2.60. The molecule has 0 bridgehead atoms. The molecule has 0 saturated heterocycles. The van der Waals surface area contributed by atoms with Crippen molar-refractivity contribution >= 4 is 11.8 Å². The summed E-state index contributed by atoms with van der Waals surface area (Å²) < 4.78 is 0. The first-order chi connectivity index (χ1) is 17.6. The number of nitrogens with zero attached hydrogens (tertiary/aromatic N) is 2. The maximum atomic E-state index is 12.4. The molecule has 0 unspecified atom stereocenters. The van der Waals surface area contributed by atoms with Gasteiger partial charge in [0.15, 0.2) is 0 Å². The van der Waals surface area contributed by atoms with Gasteiger partial charge in [0.25, 0.3) is 0 Å². The lowest BCUT2D eigenvalue weighted by molar-refractivity contribution is -0.142. The van der Waals surface area contributed by atoms with E-state index in [2.05, 4.69) is 6.92 Å². The monoisotopic (exact) mass is 532 g/mol. The van der Waals surface area contributed by atoms with Crippen LogP contribution in [0.4, 0.5) is 0 Å². The van der Waals surface area contributed by atoms with E-state index in [9.17, 15) is 30.0 Å². The normalized spacial score (nSPS) is 14.7. The van der Waals surface area contributed by atoms with Gasteiger partial charge in [-0.15, -0.1) is 0 Å². The number of carbonyl (C=O) groups excluding carboxylic acids is 2. The molecule has 0 radical (unpaired) electrons. The molecule has 2 amide bonds. The Morgan fingerprint density at radius 3 is 1.43 bits per heavy atom. The standard InChI is InChI=1S/C28H56N2O7/c1-4-5-6-7-8-9-10-11-12-13-14-15-16-17-18-19-25(34)30(3)21-26(35)29(2)20-23(32)27(36)28(37)24(33)22-31/h23-24,27-28,31-33,36-37H,4-22H2,1-3H3/t23-,24+,27+,28+/m0/s1. The number of unbranched alkanes of at least 4 members (excludes halogenated alkanes) is 14. The van der Waals surface area contributed by atoms with Crippen LogP contribution >= 0.6 is 0 Å². The highest BCUT2D eigenvalue weighted by Crippen LogP contribution is 2.14. The van der Waals surface area contributed by atoms with E-state index in [0.717, 1.165) is 24.2 Å². The van der Waals surface area contributed by atoms with Crippen LogP contribution in [-0.2, 0) is 9.59 Å². The van der Waals surface area contributed by atoms with Crippen molar-refractivity contribution in [1.29, 1.82) is 0 Å². The topological polar surface area (TPSA) is 142 Å². The molecule has 0 aromatic heterocycles. The van der Waals surface area contributed by atoms with Gasteiger partial charge in [-0.2, -0.15) is 0 Å². The van der Waals surface area contributed by atoms with Gasteiger partial charge in [0.2, 0.25) is 11.8 Å². The van der Waals surface area contributed by atoms with Crippen LogP contribution in [0, 0.1) is 0 Å². The SMILES string of the molecule is CCCCCCCCCCCCCCCCCC(=O)N(C)CC(=O)N(C)C[C@H](O)[C@@H](O)[C@H](O)[C@H](O)CO. The second-order valence-electron chi connectivity index (χ2n) is 10.5. The summed E-state index contributed by atoms with van der Waals surface area (Å²) in [6.07, 6.45) is 12.7. The lowest BCUT2D eigenvalue weighted by Gasteiger charge is -2.29. The fourth-order valence-electron chi connectivity index (χ4n) is 4.30. The maximum Gasteiger partial charge on any atom is 0.242 e. The third-order valence-electron chi connectivity index (χ3n) is 7.00. The van der Waals surface area contributed by atoms with Crippen LogP contribution in [0.25, 0.3) is 0 Å². The van der Waals surface area contributed by atoms with E-state index in [1.165, 1.54) is 89.0 Å². The fraction of sp³-hybridized carbons (Fsp3) is 0.929. The number of aliphatic hydroxyl groups is 5. The van der Waals surface area contributed by atoms with E-state index < -0.39 is 36.9 Å². The molecule has 0 fully saturated rings. The Bertz CT molecular complexity index is 579. The van der Waals surface area contributed by atoms with E-state index in [4.69, 9.17) is 5.11 Å². The molecule has 0 saturated carbocycles. The van der Waals surface area contributed by atoms with Crippen LogP contribution in [0.5, 0.6) is 0 Å². The number of hydrogen-bond acceptors (Lipinski definition) is 7. The minimum atomic E-state index is -1.75. The van der Waals surface area contributed by atoms with E-state index in [0.29, 0.717) is 6.42 Å². The fourth-order valence-corrected chi connectivity index (χ4v) is 4.30. The zero-order valence-electron chi connectivity index (χ0n) is 23.7. The molecule has 0 aliphatic rings. The Hall–Kier alpha value is -1.26. The van der Waals surface area contributed by atoms with Crippen molar-refractivity contribution in [3.63, 3.8) is 0 Å².